The van der Waals surface area contributed by atoms with Gasteiger partial charge in [-0.3, -0.25) is 9.78 Å². The van der Waals surface area contributed by atoms with Crippen LogP contribution in [0.3, 0.4) is 0 Å². The third kappa shape index (κ3) is 6.35. The second-order valence-corrected chi connectivity index (χ2v) is 7.02. The molecule has 0 bridgehead atoms. The van der Waals surface area contributed by atoms with Gasteiger partial charge >= 0.3 is 0 Å². The maximum atomic E-state index is 12.1. The molecule has 1 heterocycles. The number of hydrogen-bond acceptors (Lipinski definition) is 5. The van der Waals surface area contributed by atoms with Crippen LogP contribution in [0, 0.1) is 0 Å². The largest absolute Gasteiger partial charge is 0.384 e. The predicted molar refractivity (Wildman–Crippen MR) is 93.2 cm³/mol. The second-order valence-electron chi connectivity index (χ2n) is 5.19. The lowest BCUT2D eigenvalue weighted by Crippen LogP contribution is -2.27. The average molecular weight is 348 g/mol. The Bertz CT molecular complexity index is 779. The Kier molecular flexibility index (Phi) is 6.28. The van der Waals surface area contributed by atoms with Crippen molar-refractivity contribution in [2.45, 2.75) is 6.54 Å². The van der Waals surface area contributed by atoms with Gasteiger partial charge in [-0.1, -0.05) is 30.3 Å². The fraction of sp³-hybridized carbons (Fsp3) is 0.250. The van der Waals surface area contributed by atoms with E-state index in [1.54, 1.807) is 12.1 Å². The number of nitrogens with one attached hydrogen (secondary N) is 3. The van der Waals surface area contributed by atoms with Crippen LogP contribution in [0.4, 0.5) is 5.69 Å². The molecule has 0 aliphatic heterocycles. The van der Waals surface area contributed by atoms with Crippen molar-refractivity contribution in [3.05, 3.63) is 59.9 Å². The predicted octanol–water partition coefficient (Wildman–Crippen LogP) is 0.973. The van der Waals surface area contributed by atoms with Crippen molar-refractivity contribution in [2.24, 2.45) is 0 Å². The zero-order chi connectivity index (χ0) is 17.4. The van der Waals surface area contributed by atoms with Crippen LogP contribution >= 0.6 is 0 Å². The van der Waals surface area contributed by atoms with Crippen LogP contribution < -0.4 is 15.4 Å². The third-order valence-corrected chi connectivity index (χ3v) is 3.84. The second kappa shape index (κ2) is 8.42. The number of hydrogen-bond donors (Lipinski definition) is 3. The van der Waals surface area contributed by atoms with E-state index in [2.05, 4.69) is 20.3 Å². The molecule has 1 amide bonds. The Hall–Kier alpha value is -2.45. The van der Waals surface area contributed by atoms with Gasteiger partial charge in [-0.05, 0) is 17.7 Å². The van der Waals surface area contributed by atoms with E-state index in [1.165, 1.54) is 6.20 Å². The summed E-state index contributed by atoms with van der Waals surface area (Å²) in [5, 5.41) is 5.85. The van der Waals surface area contributed by atoms with Crippen molar-refractivity contribution in [2.75, 3.05) is 24.7 Å². The van der Waals surface area contributed by atoms with Crippen LogP contribution in [0.5, 0.6) is 0 Å². The highest BCUT2D eigenvalue weighted by Crippen LogP contribution is 2.08. The van der Waals surface area contributed by atoms with Crippen molar-refractivity contribution < 1.29 is 13.2 Å². The number of rotatable bonds is 8. The summed E-state index contributed by atoms with van der Waals surface area (Å²) in [5.41, 5.74) is 2.00. The van der Waals surface area contributed by atoms with Gasteiger partial charge in [0.2, 0.25) is 10.0 Å². The quantitative estimate of drug-likeness (QED) is 0.617. The van der Waals surface area contributed by atoms with E-state index in [0.717, 1.165) is 11.8 Å². The zero-order valence-corrected chi connectivity index (χ0v) is 14.1. The Balaban J connectivity index is 1.86. The number of nitrogens with zero attached hydrogens (tertiary/aromatic N) is 1. The van der Waals surface area contributed by atoms with Crippen molar-refractivity contribution in [3.63, 3.8) is 0 Å². The highest BCUT2D eigenvalue weighted by atomic mass is 32.2. The highest BCUT2D eigenvalue weighted by molar-refractivity contribution is 7.88. The van der Waals surface area contributed by atoms with Crippen LogP contribution in [0.1, 0.15) is 16.1 Å². The van der Waals surface area contributed by atoms with E-state index in [-0.39, 0.29) is 12.5 Å². The summed E-state index contributed by atoms with van der Waals surface area (Å²) in [4.78, 5) is 16.2. The Morgan fingerprint density at radius 1 is 1.12 bits per heavy atom. The van der Waals surface area contributed by atoms with Gasteiger partial charge in [0.05, 0.1) is 6.26 Å². The van der Waals surface area contributed by atoms with Crippen LogP contribution in [0.2, 0.25) is 0 Å². The van der Waals surface area contributed by atoms with Crippen LogP contribution in [-0.2, 0) is 16.6 Å². The molecular formula is C16H20N4O3S. The highest BCUT2D eigenvalue weighted by Gasteiger charge is 2.08. The molecule has 0 saturated heterocycles. The topological polar surface area (TPSA) is 100 Å². The molecule has 3 N–H and O–H groups in total. The molecular weight excluding hydrogens is 328 g/mol. The van der Waals surface area contributed by atoms with Crippen molar-refractivity contribution in [1.82, 2.24) is 15.0 Å². The van der Waals surface area contributed by atoms with Crippen LogP contribution in [-0.4, -0.2) is 38.7 Å². The van der Waals surface area contributed by atoms with E-state index in [4.69, 9.17) is 0 Å². The Labute approximate surface area is 141 Å². The molecule has 0 fully saturated rings. The Morgan fingerprint density at radius 3 is 2.58 bits per heavy atom. The summed E-state index contributed by atoms with van der Waals surface area (Å²) < 4.78 is 24.3. The van der Waals surface area contributed by atoms with Gasteiger partial charge in [0.15, 0.2) is 0 Å². The smallest absolute Gasteiger partial charge is 0.270 e. The summed E-state index contributed by atoms with van der Waals surface area (Å²) in [5.74, 6) is -0.267. The van der Waals surface area contributed by atoms with Gasteiger partial charge in [-0.25, -0.2) is 13.1 Å². The maximum Gasteiger partial charge on any atom is 0.270 e. The molecule has 0 unspecified atom stereocenters. The number of amides is 1. The van der Waals surface area contributed by atoms with Gasteiger partial charge in [-0.2, -0.15) is 0 Å². The summed E-state index contributed by atoms with van der Waals surface area (Å²) in [6.07, 6.45) is 2.64. The molecule has 0 atom stereocenters. The zero-order valence-electron chi connectivity index (χ0n) is 13.3. The lowest BCUT2D eigenvalue weighted by atomic mass is 10.2. The molecule has 1 aromatic carbocycles. The summed E-state index contributed by atoms with van der Waals surface area (Å²) in [7, 11) is -3.20. The van der Waals surface area contributed by atoms with E-state index < -0.39 is 10.0 Å². The monoisotopic (exact) mass is 348 g/mol. The fourth-order valence-corrected chi connectivity index (χ4v) is 2.45. The van der Waals surface area contributed by atoms with Gasteiger partial charge in [0, 0.05) is 31.5 Å². The number of carbonyl (C=O) groups excluding carboxylic acids is 1. The normalized spacial score (nSPS) is 11.0. The number of benzene rings is 1. The lowest BCUT2D eigenvalue weighted by Gasteiger charge is -2.09. The number of sulfonamides is 1. The number of pyridine rings is 1. The number of aromatic nitrogens is 1. The molecule has 0 radical (unpaired) electrons. The molecule has 0 aliphatic rings. The van der Waals surface area contributed by atoms with Crippen molar-refractivity contribution in [1.29, 1.82) is 0 Å². The SMILES string of the molecule is CS(=O)(=O)NCCNc1ccnc(C(=O)NCc2ccccc2)c1. The van der Waals surface area contributed by atoms with Gasteiger partial charge in [-0.15, -0.1) is 0 Å². The van der Waals surface area contributed by atoms with Crippen molar-refractivity contribution in [3.8, 4) is 0 Å². The van der Waals surface area contributed by atoms with E-state index in [9.17, 15) is 13.2 Å². The lowest BCUT2D eigenvalue weighted by molar-refractivity contribution is 0.0946. The minimum Gasteiger partial charge on any atom is -0.384 e. The molecule has 2 aromatic rings. The molecule has 2 rings (SSSR count). The summed E-state index contributed by atoms with van der Waals surface area (Å²) in [6, 6.07) is 12.9. The first-order chi connectivity index (χ1) is 11.4. The minimum absolute atomic E-state index is 0.261. The van der Waals surface area contributed by atoms with Gasteiger partial charge in [0.25, 0.3) is 5.91 Å². The van der Waals surface area contributed by atoms with Gasteiger partial charge in [0.1, 0.15) is 5.69 Å². The molecule has 8 heteroatoms. The van der Waals surface area contributed by atoms with E-state index in [1.807, 2.05) is 30.3 Å². The first-order valence-corrected chi connectivity index (χ1v) is 9.30. The first-order valence-electron chi connectivity index (χ1n) is 7.41. The van der Waals surface area contributed by atoms with Crippen LogP contribution in [0.15, 0.2) is 48.7 Å². The molecule has 0 saturated carbocycles. The van der Waals surface area contributed by atoms with Crippen molar-refractivity contribution >= 4 is 21.6 Å². The molecule has 0 spiro atoms. The average Bonchev–Trinajstić information content (AvgIpc) is 2.57. The third-order valence-electron chi connectivity index (χ3n) is 3.11. The maximum absolute atomic E-state index is 12.1. The minimum atomic E-state index is -3.20. The van der Waals surface area contributed by atoms with E-state index in [0.29, 0.717) is 24.5 Å². The summed E-state index contributed by atoms with van der Waals surface area (Å²) in [6.45, 7) is 1.09. The molecule has 24 heavy (non-hydrogen) atoms. The summed E-state index contributed by atoms with van der Waals surface area (Å²) >= 11 is 0. The standard InChI is InChI=1S/C16H20N4O3S/c1-24(22,23)20-10-9-17-14-7-8-18-15(11-14)16(21)19-12-13-5-3-2-4-6-13/h2-8,11,20H,9-10,12H2,1H3,(H,17,18)(H,19,21). The number of anilines is 1. The van der Waals surface area contributed by atoms with Crippen LogP contribution in [0.25, 0.3) is 0 Å². The number of carbonyl (C=O) groups is 1. The molecule has 1 aromatic heterocycles. The van der Waals surface area contributed by atoms with E-state index >= 15 is 0 Å². The van der Waals surface area contributed by atoms with Gasteiger partial charge < -0.3 is 10.6 Å². The first kappa shape index (κ1) is 17.9. The molecule has 128 valence electrons. The molecule has 7 nitrogen and oxygen atoms in total. The molecule has 0 aliphatic carbocycles. The Morgan fingerprint density at radius 2 is 1.88 bits per heavy atom. The fourth-order valence-electron chi connectivity index (χ4n) is 1.98.